The fourth-order valence-electron chi connectivity index (χ4n) is 2.47. The van der Waals surface area contributed by atoms with Gasteiger partial charge in [0.1, 0.15) is 10.7 Å². The number of carbonyl (C=O) groups excluding carboxylic acids is 1. The molecule has 5 nitrogen and oxygen atoms in total. The van der Waals surface area contributed by atoms with E-state index in [4.69, 9.17) is 16.7 Å². The second-order valence-corrected chi connectivity index (χ2v) is 7.11. The lowest BCUT2D eigenvalue weighted by atomic mass is 10.1. The number of sulfonamides is 1. The molecule has 1 aliphatic carbocycles. The number of hydrogen-bond donors (Lipinski definition) is 2. The Balaban J connectivity index is 2.20. The van der Waals surface area contributed by atoms with E-state index in [1.165, 1.54) is 0 Å². The molecule has 3 N–H and O–H groups in total. The minimum absolute atomic E-state index is 0.345. The Morgan fingerprint density at radius 2 is 2.00 bits per heavy atom. The molecule has 0 saturated heterocycles. The summed E-state index contributed by atoms with van der Waals surface area (Å²) in [5.74, 6) is -1.15. The molecule has 1 saturated carbocycles. The van der Waals surface area contributed by atoms with E-state index in [1.807, 2.05) is 0 Å². The molecular weight excluding hydrogens is 319 g/mol. The van der Waals surface area contributed by atoms with Gasteiger partial charge in [0.05, 0.1) is 10.6 Å². The molecule has 1 amide bonds. The molecule has 8 heteroatoms. The molecule has 0 atom stereocenters. The van der Waals surface area contributed by atoms with Gasteiger partial charge in [-0.1, -0.05) is 24.4 Å². The first-order valence-electron chi connectivity index (χ1n) is 6.59. The SMILES string of the molecule is NS(=O)(=O)c1cc(C(=O)NCC2CCCC2)c(F)cc1Cl. The van der Waals surface area contributed by atoms with Crippen LogP contribution in [0.5, 0.6) is 0 Å². The van der Waals surface area contributed by atoms with Gasteiger partial charge in [-0.15, -0.1) is 0 Å². The molecule has 0 aliphatic heterocycles. The number of primary sulfonamides is 1. The van der Waals surface area contributed by atoms with Gasteiger partial charge in [0.25, 0.3) is 5.91 Å². The highest BCUT2D eigenvalue weighted by atomic mass is 35.5. The van der Waals surface area contributed by atoms with E-state index < -0.39 is 26.6 Å². The Morgan fingerprint density at radius 3 is 2.57 bits per heavy atom. The number of hydrogen-bond acceptors (Lipinski definition) is 3. The zero-order chi connectivity index (χ0) is 15.6. The van der Waals surface area contributed by atoms with Crippen LogP contribution in [0.1, 0.15) is 36.0 Å². The summed E-state index contributed by atoms with van der Waals surface area (Å²) in [6.07, 6.45) is 4.33. The average Bonchev–Trinajstić information content (AvgIpc) is 2.87. The van der Waals surface area contributed by atoms with Crippen molar-refractivity contribution in [3.8, 4) is 0 Å². The van der Waals surface area contributed by atoms with Gasteiger partial charge in [0, 0.05) is 6.54 Å². The number of benzene rings is 1. The lowest BCUT2D eigenvalue weighted by Gasteiger charge is -2.12. The molecular formula is C13H16ClFN2O3S. The summed E-state index contributed by atoms with van der Waals surface area (Å²) in [4.78, 5) is 11.5. The highest BCUT2D eigenvalue weighted by Gasteiger charge is 2.22. The van der Waals surface area contributed by atoms with Crippen LogP contribution in [0.4, 0.5) is 4.39 Å². The predicted octanol–water partition coefficient (Wildman–Crippen LogP) is 2.05. The lowest BCUT2D eigenvalue weighted by Crippen LogP contribution is -2.29. The van der Waals surface area contributed by atoms with Crippen LogP contribution in [0.3, 0.4) is 0 Å². The minimum atomic E-state index is -4.12. The Kier molecular flexibility index (Phi) is 4.85. The van der Waals surface area contributed by atoms with E-state index in [0.717, 1.165) is 37.8 Å². The van der Waals surface area contributed by atoms with Gasteiger partial charge in [0.2, 0.25) is 10.0 Å². The van der Waals surface area contributed by atoms with Crippen molar-refractivity contribution in [2.75, 3.05) is 6.54 Å². The molecule has 0 heterocycles. The summed E-state index contributed by atoms with van der Waals surface area (Å²) in [6.45, 7) is 0.450. The quantitative estimate of drug-likeness (QED) is 0.883. The minimum Gasteiger partial charge on any atom is -0.352 e. The van der Waals surface area contributed by atoms with Crippen LogP contribution in [0.15, 0.2) is 17.0 Å². The van der Waals surface area contributed by atoms with Crippen LogP contribution in [0, 0.1) is 11.7 Å². The van der Waals surface area contributed by atoms with Crippen molar-refractivity contribution in [1.82, 2.24) is 5.32 Å². The number of amides is 1. The predicted molar refractivity (Wildman–Crippen MR) is 77.1 cm³/mol. The first-order chi connectivity index (χ1) is 9.79. The largest absolute Gasteiger partial charge is 0.352 e. The molecule has 0 bridgehead atoms. The topological polar surface area (TPSA) is 89.3 Å². The number of carbonyl (C=O) groups is 1. The van der Waals surface area contributed by atoms with Gasteiger partial charge >= 0.3 is 0 Å². The summed E-state index contributed by atoms with van der Waals surface area (Å²) in [7, 11) is -4.12. The molecule has 21 heavy (non-hydrogen) atoms. The van der Waals surface area contributed by atoms with Gasteiger partial charge in [-0.3, -0.25) is 4.79 Å². The first-order valence-corrected chi connectivity index (χ1v) is 8.51. The Labute approximate surface area is 127 Å². The summed E-state index contributed by atoms with van der Waals surface area (Å²) in [5, 5.41) is 7.26. The van der Waals surface area contributed by atoms with E-state index in [-0.39, 0.29) is 10.6 Å². The molecule has 1 aromatic rings. The Morgan fingerprint density at radius 1 is 1.38 bits per heavy atom. The molecule has 0 aromatic heterocycles. The maximum atomic E-state index is 13.8. The van der Waals surface area contributed by atoms with E-state index in [0.29, 0.717) is 12.5 Å². The second kappa shape index (κ2) is 6.29. The molecule has 2 rings (SSSR count). The van der Waals surface area contributed by atoms with Crippen LogP contribution in [-0.4, -0.2) is 20.9 Å². The van der Waals surface area contributed by atoms with Crippen molar-refractivity contribution in [3.63, 3.8) is 0 Å². The molecule has 116 valence electrons. The van der Waals surface area contributed by atoms with Crippen molar-refractivity contribution in [1.29, 1.82) is 0 Å². The highest BCUT2D eigenvalue weighted by molar-refractivity contribution is 7.89. The molecule has 0 radical (unpaired) electrons. The lowest BCUT2D eigenvalue weighted by molar-refractivity contribution is 0.0943. The van der Waals surface area contributed by atoms with Gasteiger partial charge in [-0.25, -0.2) is 17.9 Å². The summed E-state index contributed by atoms with van der Waals surface area (Å²) in [6, 6.07) is 1.66. The van der Waals surface area contributed by atoms with Crippen LogP contribution in [-0.2, 0) is 10.0 Å². The molecule has 0 unspecified atom stereocenters. The number of rotatable bonds is 4. The number of halogens is 2. The second-order valence-electron chi connectivity index (χ2n) is 5.17. The van der Waals surface area contributed by atoms with E-state index in [2.05, 4.69) is 5.32 Å². The maximum absolute atomic E-state index is 13.8. The summed E-state index contributed by atoms with van der Waals surface area (Å²) >= 11 is 5.64. The molecule has 0 spiro atoms. The maximum Gasteiger partial charge on any atom is 0.254 e. The summed E-state index contributed by atoms with van der Waals surface area (Å²) in [5.41, 5.74) is -0.374. The van der Waals surface area contributed by atoms with Crippen molar-refractivity contribution in [2.24, 2.45) is 11.1 Å². The van der Waals surface area contributed by atoms with Gasteiger partial charge < -0.3 is 5.32 Å². The fraction of sp³-hybridized carbons (Fsp3) is 0.462. The zero-order valence-electron chi connectivity index (χ0n) is 11.2. The Bertz CT molecular complexity index is 658. The van der Waals surface area contributed by atoms with Crippen LogP contribution >= 0.6 is 11.6 Å². The van der Waals surface area contributed by atoms with Gasteiger partial charge in [-0.2, -0.15) is 0 Å². The monoisotopic (exact) mass is 334 g/mol. The normalized spacial score (nSPS) is 16.1. The zero-order valence-corrected chi connectivity index (χ0v) is 12.8. The van der Waals surface area contributed by atoms with E-state index in [1.54, 1.807) is 0 Å². The van der Waals surface area contributed by atoms with E-state index >= 15 is 0 Å². The summed E-state index contributed by atoms with van der Waals surface area (Å²) < 4.78 is 36.5. The Hall–Kier alpha value is -1.18. The van der Waals surface area contributed by atoms with Crippen molar-refractivity contribution >= 4 is 27.5 Å². The third kappa shape index (κ3) is 3.93. The third-order valence-electron chi connectivity index (χ3n) is 3.60. The smallest absolute Gasteiger partial charge is 0.254 e. The molecule has 1 aromatic carbocycles. The van der Waals surface area contributed by atoms with E-state index in [9.17, 15) is 17.6 Å². The molecule has 1 aliphatic rings. The fourth-order valence-corrected chi connectivity index (χ4v) is 3.55. The van der Waals surface area contributed by atoms with Crippen LogP contribution in [0.25, 0.3) is 0 Å². The average molecular weight is 335 g/mol. The first kappa shape index (κ1) is 16.2. The van der Waals surface area contributed by atoms with Crippen molar-refractivity contribution in [3.05, 3.63) is 28.5 Å². The van der Waals surface area contributed by atoms with Gasteiger partial charge in [-0.05, 0) is 30.9 Å². The number of nitrogens with two attached hydrogens (primary N) is 1. The van der Waals surface area contributed by atoms with Gasteiger partial charge in [0.15, 0.2) is 0 Å². The molecule has 1 fully saturated rings. The van der Waals surface area contributed by atoms with Crippen LogP contribution < -0.4 is 10.5 Å². The number of nitrogens with one attached hydrogen (secondary N) is 1. The van der Waals surface area contributed by atoms with Crippen molar-refractivity contribution in [2.45, 2.75) is 30.6 Å². The standard InChI is InChI=1S/C13H16ClFN2O3S/c14-10-6-11(15)9(5-12(10)21(16,19)20)13(18)17-7-8-3-1-2-4-8/h5-6,8H,1-4,7H2,(H,17,18)(H2,16,19,20). The van der Waals surface area contributed by atoms with Crippen molar-refractivity contribution < 1.29 is 17.6 Å². The van der Waals surface area contributed by atoms with Crippen LogP contribution in [0.2, 0.25) is 5.02 Å². The third-order valence-corrected chi connectivity index (χ3v) is 4.97. The highest BCUT2D eigenvalue weighted by Crippen LogP contribution is 2.25.